The maximum absolute atomic E-state index is 13.5. The van der Waals surface area contributed by atoms with Gasteiger partial charge in [-0.2, -0.15) is 0 Å². The Morgan fingerprint density at radius 1 is 1.36 bits per heavy atom. The van der Waals surface area contributed by atoms with E-state index in [4.69, 9.17) is 4.74 Å². The highest BCUT2D eigenvalue weighted by Gasteiger charge is 2.17. The first-order chi connectivity index (χ1) is 11.9. The van der Waals surface area contributed by atoms with Crippen molar-refractivity contribution in [1.29, 1.82) is 0 Å². The van der Waals surface area contributed by atoms with E-state index in [1.807, 2.05) is 6.92 Å². The number of carbonyl (C=O) groups excluding carboxylic acids is 1. The van der Waals surface area contributed by atoms with Gasteiger partial charge < -0.3 is 10.1 Å². The van der Waals surface area contributed by atoms with Gasteiger partial charge in [-0.25, -0.2) is 18.6 Å². The fraction of sp³-hybridized carbons (Fsp3) is 0.250. The van der Waals surface area contributed by atoms with Gasteiger partial charge in [0.25, 0.3) is 5.69 Å². The molecular formula is C16H15F2N3O4. The van der Waals surface area contributed by atoms with Crippen LogP contribution in [-0.4, -0.2) is 28.5 Å². The average Bonchev–Trinajstić information content (AvgIpc) is 2.60. The van der Waals surface area contributed by atoms with Crippen molar-refractivity contribution in [2.24, 2.45) is 0 Å². The molecule has 0 aliphatic rings. The number of nitrogens with one attached hydrogen (secondary N) is 1. The summed E-state index contributed by atoms with van der Waals surface area (Å²) in [5.74, 6) is -2.22. The number of esters is 1. The van der Waals surface area contributed by atoms with Gasteiger partial charge in [-0.3, -0.25) is 10.1 Å². The van der Waals surface area contributed by atoms with Crippen molar-refractivity contribution in [3.63, 3.8) is 0 Å². The van der Waals surface area contributed by atoms with E-state index in [0.717, 1.165) is 24.4 Å². The quantitative estimate of drug-likeness (QED) is 0.467. The van der Waals surface area contributed by atoms with E-state index in [1.165, 1.54) is 12.1 Å². The van der Waals surface area contributed by atoms with E-state index in [0.29, 0.717) is 12.2 Å². The number of benzene rings is 1. The lowest BCUT2D eigenvalue weighted by molar-refractivity contribution is -0.385. The van der Waals surface area contributed by atoms with Gasteiger partial charge in [0.2, 0.25) is 0 Å². The molecule has 0 spiro atoms. The zero-order valence-electron chi connectivity index (χ0n) is 13.2. The third-order valence-electron chi connectivity index (χ3n) is 3.37. The summed E-state index contributed by atoms with van der Waals surface area (Å²) in [6, 6.07) is 4.88. The van der Waals surface area contributed by atoms with Gasteiger partial charge in [0.1, 0.15) is 30.3 Å². The Hall–Kier alpha value is -3.10. The molecule has 25 heavy (non-hydrogen) atoms. The van der Waals surface area contributed by atoms with Gasteiger partial charge in [0, 0.05) is 6.07 Å². The Bertz CT molecular complexity index is 768. The Morgan fingerprint density at radius 3 is 2.72 bits per heavy atom. The smallest absolute Gasteiger partial charge is 0.341 e. The minimum absolute atomic E-state index is 0.107. The van der Waals surface area contributed by atoms with Crippen LogP contribution >= 0.6 is 0 Å². The molecule has 0 radical (unpaired) electrons. The maximum atomic E-state index is 13.5. The van der Waals surface area contributed by atoms with Crippen molar-refractivity contribution in [1.82, 2.24) is 4.98 Å². The van der Waals surface area contributed by atoms with Gasteiger partial charge in [0.05, 0.1) is 16.5 Å². The third-order valence-corrected chi connectivity index (χ3v) is 3.37. The number of carbonyl (C=O) groups is 1. The van der Waals surface area contributed by atoms with Crippen LogP contribution in [0.4, 0.5) is 20.3 Å². The lowest BCUT2D eigenvalue weighted by atomic mass is 10.2. The van der Waals surface area contributed by atoms with Crippen LogP contribution in [0.15, 0.2) is 36.5 Å². The molecule has 1 heterocycles. The summed E-state index contributed by atoms with van der Waals surface area (Å²) < 4.78 is 31.6. The number of aromatic nitrogens is 1. The minimum atomic E-state index is -0.978. The lowest BCUT2D eigenvalue weighted by Crippen LogP contribution is -2.27. The molecule has 0 aliphatic carbocycles. The highest BCUT2D eigenvalue weighted by atomic mass is 19.1. The molecule has 7 nitrogen and oxygen atoms in total. The number of hydrogen-bond acceptors (Lipinski definition) is 6. The number of nitrogens with zero attached hydrogens (tertiary/aromatic N) is 2. The van der Waals surface area contributed by atoms with Crippen LogP contribution in [0.1, 0.15) is 23.7 Å². The van der Waals surface area contributed by atoms with Crippen molar-refractivity contribution in [2.45, 2.75) is 19.4 Å². The molecule has 1 atom stereocenters. The monoisotopic (exact) mass is 351 g/mol. The summed E-state index contributed by atoms with van der Waals surface area (Å²) >= 11 is 0. The molecule has 132 valence electrons. The number of halogens is 2. The van der Waals surface area contributed by atoms with Crippen molar-refractivity contribution >= 4 is 17.5 Å². The predicted molar refractivity (Wildman–Crippen MR) is 85.2 cm³/mol. The first-order valence-corrected chi connectivity index (χ1v) is 7.40. The maximum Gasteiger partial charge on any atom is 0.341 e. The van der Waals surface area contributed by atoms with Crippen molar-refractivity contribution in [3.8, 4) is 0 Å². The lowest BCUT2D eigenvalue weighted by Gasteiger charge is -2.17. The zero-order chi connectivity index (χ0) is 18.4. The van der Waals surface area contributed by atoms with Gasteiger partial charge >= 0.3 is 5.97 Å². The summed E-state index contributed by atoms with van der Waals surface area (Å²) in [4.78, 5) is 25.8. The van der Waals surface area contributed by atoms with Gasteiger partial charge in [-0.05, 0) is 30.7 Å². The Labute approximate surface area is 141 Å². The van der Waals surface area contributed by atoms with Gasteiger partial charge in [-0.1, -0.05) is 6.92 Å². The molecular weight excluding hydrogens is 336 g/mol. The van der Waals surface area contributed by atoms with E-state index in [9.17, 15) is 23.7 Å². The third kappa shape index (κ3) is 4.93. The van der Waals surface area contributed by atoms with Crippen LogP contribution in [0, 0.1) is 21.7 Å². The number of pyridine rings is 1. The number of ether oxygens (including phenoxy) is 1. The average molecular weight is 351 g/mol. The SMILES string of the molecule is CCC(COC(=O)c1cc(F)ccc1F)Nc1ccc([N+](=O)[O-])cn1. The van der Waals surface area contributed by atoms with E-state index < -0.39 is 28.1 Å². The van der Waals surface area contributed by atoms with E-state index >= 15 is 0 Å². The number of rotatable bonds is 7. The summed E-state index contributed by atoms with van der Waals surface area (Å²) in [6.45, 7) is 1.71. The fourth-order valence-electron chi connectivity index (χ4n) is 1.96. The Balaban J connectivity index is 1.96. The second kappa shape index (κ2) is 8.13. The van der Waals surface area contributed by atoms with Crippen LogP contribution in [-0.2, 0) is 4.74 Å². The molecule has 1 aromatic heterocycles. The molecule has 0 amide bonds. The highest BCUT2D eigenvalue weighted by molar-refractivity contribution is 5.89. The standard InChI is InChI=1S/C16H15F2N3O4/c1-2-11(20-15-6-4-12(8-19-15)21(23)24)9-25-16(22)13-7-10(17)3-5-14(13)18/h3-8,11H,2,9H2,1H3,(H,19,20). The topological polar surface area (TPSA) is 94.4 Å². The first kappa shape index (κ1) is 18.2. The van der Waals surface area contributed by atoms with Gasteiger partial charge in [0.15, 0.2) is 0 Å². The fourth-order valence-corrected chi connectivity index (χ4v) is 1.96. The molecule has 2 aromatic rings. The van der Waals surface area contributed by atoms with E-state index in [1.54, 1.807) is 0 Å². The van der Waals surface area contributed by atoms with Crippen LogP contribution in [0.5, 0.6) is 0 Å². The second-order valence-electron chi connectivity index (χ2n) is 5.13. The molecule has 0 fully saturated rings. The summed E-state index contributed by atoms with van der Waals surface area (Å²) in [5.41, 5.74) is -0.630. The number of nitro groups is 1. The zero-order valence-corrected chi connectivity index (χ0v) is 13.2. The van der Waals surface area contributed by atoms with Crippen molar-refractivity contribution in [2.75, 3.05) is 11.9 Å². The Morgan fingerprint density at radius 2 is 2.12 bits per heavy atom. The second-order valence-corrected chi connectivity index (χ2v) is 5.13. The number of anilines is 1. The molecule has 0 saturated heterocycles. The molecule has 2 rings (SSSR count). The summed E-state index contributed by atoms with van der Waals surface area (Å²) in [7, 11) is 0. The van der Waals surface area contributed by atoms with Crippen LogP contribution in [0.3, 0.4) is 0 Å². The summed E-state index contributed by atoms with van der Waals surface area (Å²) in [6.07, 6.45) is 1.64. The van der Waals surface area contributed by atoms with Crippen LogP contribution < -0.4 is 5.32 Å². The highest BCUT2D eigenvalue weighted by Crippen LogP contribution is 2.15. The van der Waals surface area contributed by atoms with E-state index in [-0.39, 0.29) is 18.3 Å². The van der Waals surface area contributed by atoms with E-state index in [2.05, 4.69) is 10.3 Å². The molecule has 0 bridgehead atoms. The summed E-state index contributed by atoms with van der Waals surface area (Å²) in [5, 5.41) is 13.5. The van der Waals surface area contributed by atoms with Crippen LogP contribution in [0.2, 0.25) is 0 Å². The molecule has 0 saturated carbocycles. The van der Waals surface area contributed by atoms with Crippen LogP contribution in [0.25, 0.3) is 0 Å². The van der Waals surface area contributed by atoms with Gasteiger partial charge in [-0.15, -0.1) is 0 Å². The predicted octanol–water partition coefficient (Wildman–Crippen LogP) is 3.32. The van der Waals surface area contributed by atoms with Crippen molar-refractivity contribution in [3.05, 3.63) is 63.8 Å². The molecule has 9 heteroatoms. The first-order valence-electron chi connectivity index (χ1n) is 7.40. The Kier molecular flexibility index (Phi) is 5.93. The molecule has 1 aromatic carbocycles. The minimum Gasteiger partial charge on any atom is -0.460 e. The molecule has 0 aliphatic heterocycles. The van der Waals surface area contributed by atoms with Crippen molar-refractivity contribution < 1.29 is 23.2 Å². The molecule has 1 N–H and O–H groups in total. The largest absolute Gasteiger partial charge is 0.460 e. The normalized spacial score (nSPS) is 11.6. The molecule has 1 unspecified atom stereocenters. The number of hydrogen-bond donors (Lipinski definition) is 1.